The number of benzene rings is 1. The van der Waals surface area contributed by atoms with Crippen molar-refractivity contribution >= 4 is 11.8 Å². The van der Waals surface area contributed by atoms with Crippen LogP contribution in [0.2, 0.25) is 0 Å². The molecule has 0 radical (unpaired) electrons. The van der Waals surface area contributed by atoms with Gasteiger partial charge in [0.2, 0.25) is 0 Å². The molecule has 0 saturated heterocycles. The molecule has 0 spiro atoms. The van der Waals surface area contributed by atoms with E-state index in [0.717, 1.165) is 5.92 Å². The van der Waals surface area contributed by atoms with Crippen molar-refractivity contribution in [1.29, 1.82) is 0 Å². The van der Waals surface area contributed by atoms with Crippen molar-refractivity contribution in [2.45, 2.75) is 89.1 Å². The summed E-state index contributed by atoms with van der Waals surface area (Å²) in [4.78, 5) is 1.47. The van der Waals surface area contributed by atoms with Gasteiger partial charge in [0.25, 0.3) is 0 Å². The van der Waals surface area contributed by atoms with Crippen LogP contribution < -0.4 is 4.74 Å². The molecule has 1 aromatic rings. The highest BCUT2D eigenvalue weighted by Crippen LogP contribution is 2.55. The molecule has 1 nitrogen and oxygen atoms in total. The monoisotopic (exact) mass is 346 g/mol. The van der Waals surface area contributed by atoms with E-state index in [1.54, 1.807) is 0 Å². The molecular formula is C22H34OS. The molecule has 0 amide bonds. The first-order valence-corrected chi connectivity index (χ1v) is 11.1. The third kappa shape index (κ3) is 3.49. The molecule has 3 atom stereocenters. The number of rotatable bonds is 5. The maximum atomic E-state index is 6.60. The molecule has 0 bridgehead atoms. The van der Waals surface area contributed by atoms with Crippen LogP contribution in [-0.4, -0.2) is 11.9 Å². The summed E-state index contributed by atoms with van der Waals surface area (Å²) in [7, 11) is 0. The summed E-state index contributed by atoms with van der Waals surface area (Å²) in [6.45, 7) is 9.32. The number of hydrogen-bond acceptors (Lipinski definition) is 2. The Bertz CT molecular complexity index is 578. The van der Waals surface area contributed by atoms with Crippen molar-refractivity contribution in [3.05, 3.63) is 23.3 Å². The van der Waals surface area contributed by atoms with Gasteiger partial charge in [-0.05, 0) is 75.3 Å². The average molecular weight is 347 g/mol. The van der Waals surface area contributed by atoms with Gasteiger partial charge in [0, 0.05) is 16.4 Å². The number of unbranched alkanes of at least 4 members (excludes halogenated alkanes) is 2. The Labute approximate surface area is 152 Å². The third-order valence-electron chi connectivity index (χ3n) is 6.20. The minimum Gasteiger partial charge on any atom is -0.487 e. The molecule has 1 aliphatic heterocycles. The van der Waals surface area contributed by atoms with Gasteiger partial charge in [-0.25, -0.2) is 0 Å². The molecule has 0 aromatic heterocycles. The highest BCUT2D eigenvalue weighted by molar-refractivity contribution is 7.98. The Morgan fingerprint density at radius 3 is 2.71 bits per heavy atom. The van der Waals surface area contributed by atoms with E-state index in [1.807, 2.05) is 11.8 Å². The van der Waals surface area contributed by atoms with Crippen molar-refractivity contribution in [1.82, 2.24) is 0 Å². The summed E-state index contributed by atoms with van der Waals surface area (Å²) in [5.74, 6) is 3.37. The number of hydrogen-bond donors (Lipinski definition) is 0. The lowest BCUT2D eigenvalue weighted by Crippen LogP contribution is -2.46. The second-order valence-electron chi connectivity index (χ2n) is 8.50. The van der Waals surface area contributed by atoms with Crippen LogP contribution in [0.4, 0.5) is 0 Å². The predicted octanol–water partition coefficient (Wildman–Crippen LogP) is 6.83. The highest BCUT2D eigenvalue weighted by atomic mass is 32.2. The molecule has 1 saturated carbocycles. The van der Waals surface area contributed by atoms with Crippen molar-refractivity contribution < 1.29 is 4.74 Å². The minimum atomic E-state index is -0.0322. The van der Waals surface area contributed by atoms with Crippen LogP contribution >= 0.6 is 11.8 Å². The van der Waals surface area contributed by atoms with Gasteiger partial charge in [-0.2, -0.15) is 0 Å². The van der Waals surface area contributed by atoms with Crippen LogP contribution in [0.1, 0.15) is 83.3 Å². The Morgan fingerprint density at radius 1 is 1.21 bits per heavy atom. The fourth-order valence-electron chi connectivity index (χ4n) is 4.89. The van der Waals surface area contributed by atoms with E-state index in [4.69, 9.17) is 4.74 Å². The lowest BCUT2D eigenvalue weighted by molar-refractivity contribution is -0.0148. The average Bonchev–Trinajstić information content (AvgIpc) is 2.53. The SMILES string of the molecule is CCCCCc1cc2c(c(SC)c1)[C@@H]1C[C@@H](C)CC[C@H]1C(C)(C)O2. The van der Waals surface area contributed by atoms with Gasteiger partial charge in [0.05, 0.1) is 0 Å². The Balaban J connectivity index is 1.98. The van der Waals surface area contributed by atoms with Gasteiger partial charge >= 0.3 is 0 Å². The molecule has 1 heterocycles. The summed E-state index contributed by atoms with van der Waals surface area (Å²) in [6, 6.07) is 4.82. The van der Waals surface area contributed by atoms with Crippen LogP contribution in [0.5, 0.6) is 5.75 Å². The van der Waals surface area contributed by atoms with Gasteiger partial charge in [-0.3, -0.25) is 0 Å². The molecule has 1 aliphatic carbocycles. The fourth-order valence-corrected chi connectivity index (χ4v) is 5.63. The Kier molecular flexibility index (Phi) is 5.54. The summed E-state index contributed by atoms with van der Waals surface area (Å²) < 4.78 is 6.60. The molecule has 1 aromatic carbocycles. The van der Waals surface area contributed by atoms with Gasteiger partial charge < -0.3 is 4.74 Å². The largest absolute Gasteiger partial charge is 0.487 e. The molecule has 2 aliphatic rings. The number of ether oxygens (including phenoxy) is 1. The van der Waals surface area contributed by atoms with Crippen LogP contribution in [0.15, 0.2) is 17.0 Å². The molecule has 2 heteroatoms. The number of thioether (sulfide) groups is 1. The van der Waals surface area contributed by atoms with Crippen LogP contribution in [0.3, 0.4) is 0 Å². The second-order valence-corrected chi connectivity index (χ2v) is 9.35. The fraction of sp³-hybridized carbons (Fsp3) is 0.727. The second kappa shape index (κ2) is 7.32. The summed E-state index contributed by atoms with van der Waals surface area (Å²) >= 11 is 1.91. The molecule has 1 fully saturated rings. The van der Waals surface area contributed by atoms with E-state index in [0.29, 0.717) is 11.8 Å². The number of fused-ring (bicyclic) bond motifs is 3. The lowest BCUT2D eigenvalue weighted by atomic mass is 9.64. The summed E-state index contributed by atoms with van der Waals surface area (Å²) in [5, 5.41) is 0. The minimum absolute atomic E-state index is 0.0322. The summed E-state index contributed by atoms with van der Waals surface area (Å²) in [6.07, 6.45) is 11.3. The van der Waals surface area contributed by atoms with Crippen molar-refractivity contribution in [3.8, 4) is 5.75 Å². The first-order chi connectivity index (χ1) is 11.5. The zero-order chi connectivity index (χ0) is 17.3. The first-order valence-electron chi connectivity index (χ1n) is 9.86. The topological polar surface area (TPSA) is 9.23 Å². The van der Waals surface area contributed by atoms with Gasteiger partial charge in [-0.15, -0.1) is 11.8 Å². The normalized spacial score (nSPS) is 28.0. The van der Waals surface area contributed by atoms with Gasteiger partial charge in [-0.1, -0.05) is 33.1 Å². The third-order valence-corrected chi connectivity index (χ3v) is 6.98. The maximum Gasteiger partial charge on any atom is 0.125 e. The standard InChI is InChI=1S/C22H34OS/c1-6-7-8-9-16-13-19-21(20(14-16)24-5)17-12-15(2)10-11-18(17)22(3,4)23-19/h13-15,17-18H,6-12H2,1-5H3/t15-,17+,18+/m0/s1. The van der Waals surface area contributed by atoms with Crippen LogP contribution in [-0.2, 0) is 6.42 Å². The number of aryl methyl sites for hydroxylation is 1. The van der Waals surface area contributed by atoms with Crippen LogP contribution in [0.25, 0.3) is 0 Å². The Morgan fingerprint density at radius 2 is 2.00 bits per heavy atom. The smallest absolute Gasteiger partial charge is 0.125 e. The first kappa shape index (κ1) is 18.2. The van der Waals surface area contributed by atoms with E-state index >= 15 is 0 Å². The molecule has 0 N–H and O–H groups in total. The molecule has 3 rings (SSSR count). The quantitative estimate of drug-likeness (QED) is 0.427. The zero-order valence-corrected chi connectivity index (χ0v) is 17.0. The van der Waals surface area contributed by atoms with Crippen molar-refractivity contribution in [2.24, 2.45) is 11.8 Å². The predicted molar refractivity (Wildman–Crippen MR) is 105 cm³/mol. The van der Waals surface area contributed by atoms with E-state index in [1.165, 1.54) is 66.7 Å². The molecule has 0 unspecified atom stereocenters. The van der Waals surface area contributed by atoms with Crippen LogP contribution in [0, 0.1) is 11.8 Å². The maximum absolute atomic E-state index is 6.60. The van der Waals surface area contributed by atoms with Gasteiger partial charge in [0.15, 0.2) is 0 Å². The zero-order valence-electron chi connectivity index (χ0n) is 16.2. The highest BCUT2D eigenvalue weighted by Gasteiger charge is 2.46. The summed E-state index contributed by atoms with van der Waals surface area (Å²) in [5.41, 5.74) is 2.96. The molecular weight excluding hydrogens is 312 g/mol. The molecule has 24 heavy (non-hydrogen) atoms. The Hall–Kier alpha value is -0.630. The van der Waals surface area contributed by atoms with Crippen molar-refractivity contribution in [2.75, 3.05) is 6.26 Å². The van der Waals surface area contributed by atoms with Gasteiger partial charge in [0.1, 0.15) is 11.4 Å². The van der Waals surface area contributed by atoms with E-state index in [9.17, 15) is 0 Å². The van der Waals surface area contributed by atoms with E-state index in [2.05, 4.69) is 46.1 Å². The molecule has 134 valence electrons. The lowest BCUT2D eigenvalue weighted by Gasteiger charge is -2.49. The van der Waals surface area contributed by atoms with E-state index in [-0.39, 0.29) is 5.60 Å². The van der Waals surface area contributed by atoms with E-state index < -0.39 is 0 Å². The van der Waals surface area contributed by atoms with Crippen molar-refractivity contribution in [3.63, 3.8) is 0 Å².